The van der Waals surface area contributed by atoms with Crippen molar-refractivity contribution in [1.29, 1.82) is 0 Å². The largest absolute Gasteiger partial charge is 0.350 e. The van der Waals surface area contributed by atoms with Gasteiger partial charge in [0.25, 0.3) is 0 Å². The van der Waals surface area contributed by atoms with E-state index >= 15 is 0 Å². The van der Waals surface area contributed by atoms with Crippen LogP contribution >= 0.6 is 0 Å². The summed E-state index contributed by atoms with van der Waals surface area (Å²) >= 11 is 0. The lowest BCUT2D eigenvalue weighted by molar-refractivity contribution is -0.118. The third-order valence-electron chi connectivity index (χ3n) is 3.74. The smallest absolute Gasteiger partial charge is 0.217 e. The van der Waals surface area contributed by atoms with Crippen molar-refractivity contribution in [2.24, 2.45) is 0 Å². The summed E-state index contributed by atoms with van der Waals surface area (Å²) in [6.45, 7) is 5.43. The van der Waals surface area contributed by atoms with Crippen molar-refractivity contribution in [2.75, 3.05) is 13.1 Å². The Kier molecular flexibility index (Phi) is 5.53. The van der Waals surface area contributed by atoms with Crippen molar-refractivity contribution in [3.05, 3.63) is 42.2 Å². The molecule has 4 heteroatoms. The van der Waals surface area contributed by atoms with Crippen LogP contribution in [0.5, 0.6) is 0 Å². The molecule has 2 rings (SSSR count). The number of likely N-dealkylation sites (tertiary alicyclic amines) is 1. The van der Waals surface area contributed by atoms with E-state index in [-0.39, 0.29) is 11.7 Å². The molecule has 0 bridgehead atoms. The van der Waals surface area contributed by atoms with Crippen LogP contribution in [0.2, 0.25) is 0 Å². The fraction of sp³-hybridized carbons (Fsp3) is 0.500. The zero-order valence-corrected chi connectivity index (χ0v) is 11.9. The van der Waals surface area contributed by atoms with Crippen molar-refractivity contribution in [3.8, 4) is 0 Å². The molecule has 1 fully saturated rings. The second-order valence-electron chi connectivity index (χ2n) is 5.34. The number of halogens is 1. The highest BCUT2D eigenvalue weighted by atomic mass is 19.1. The lowest BCUT2D eigenvalue weighted by Gasteiger charge is -2.35. The average molecular weight is 277 g/mol. The van der Waals surface area contributed by atoms with Crippen molar-refractivity contribution in [3.63, 3.8) is 0 Å². The predicted molar refractivity (Wildman–Crippen MR) is 77.4 cm³/mol. The summed E-state index contributed by atoms with van der Waals surface area (Å²) in [5.41, 5.74) is 1.15. The van der Waals surface area contributed by atoms with Gasteiger partial charge in [0.05, 0.1) is 6.54 Å². The second kappa shape index (κ2) is 7.39. The highest BCUT2D eigenvalue weighted by Gasteiger charge is 2.22. The van der Waals surface area contributed by atoms with Gasteiger partial charge < -0.3 is 5.32 Å². The fourth-order valence-electron chi connectivity index (χ4n) is 2.62. The van der Waals surface area contributed by atoms with Gasteiger partial charge in [0.1, 0.15) is 5.82 Å². The molecule has 0 aromatic heterocycles. The molecule has 0 saturated carbocycles. The molecular formula is C16H22FN2O. The number of benzene rings is 1. The van der Waals surface area contributed by atoms with E-state index in [0.717, 1.165) is 31.5 Å². The summed E-state index contributed by atoms with van der Waals surface area (Å²) in [7, 11) is 0. The zero-order valence-electron chi connectivity index (χ0n) is 11.9. The van der Waals surface area contributed by atoms with Gasteiger partial charge in [0.15, 0.2) is 0 Å². The predicted octanol–water partition coefficient (Wildman–Crippen LogP) is 2.52. The van der Waals surface area contributed by atoms with E-state index in [1.54, 1.807) is 0 Å². The molecule has 1 saturated heterocycles. The van der Waals surface area contributed by atoms with Gasteiger partial charge in [0, 0.05) is 19.5 Å². The summed E-state index contributed by atoms with van der Waals surface area (Å²) in [5, 5.41) is 2.80. The van der Waals surface area contributed by atoms with E-state index in [9.17, 15) is 9.18 Å². The number of rotatable bonds is 5. The highest BCUT2D eigenvalue weighted by Crippen LogP contribution is 2.18. The maximum absolute atomic E-state index is 12.9. The zero-order chi connectivity index (χ0) is 14.4. The topological polar surface area (TPSA) is 32.3 Å². The van der Waals surface area contributed by atoms with Crippen molar-refractivity contribution < 1.29 is 9.18 Å². The Labute approximate surface area is 120 Å². The molecule has 20 heavy (non-hydrogen) atoms. The molecule has 109 valence electrons. The second-order valence-corrected chi connectivity index (χ2v) is 5.34. The summed E-state index contributed by atoms with van der Waals surface area (Å²) in [4.78, 5) is 13.4. The quantitative estimate of drug-likeness (QED) is 0.897. The van der Waals surface area contributed by atoms with Crippen LogP contribution in [0.1, 0.15) is 31.7 Å². The molecule has 1 unspecified atom stereocenters. The maximum Gasteiger partial charge on any atom is 0.217 e. The first-order valence-corrected chi connectivity index (χ1v) is 7.24. The standard InChI is InChI=1S/C16H22FN2O/c1-13(20)18-12-16-4-2-3-10-19(16)11-9-14-5-7-15(17)8-6-14/h5-8,12,16H,2-4,9-11H2,1H3,(H,18,20). The lowest BCUT2D eigenvalue weighted by Crippen LogP contribution is -2.44. The molecule has 1 radical (unpaired) electrons. The van der Waals surface area contributed by atoms with Gasteiger partial charge in [-0.2, -0.15) is 0 Å². The number of carbonyl (C=O) groups excluding carboxylic acids is 1. The Morgan fingerprint density at radius 3 is 2.85 bits per heavy atom. The lowest BCUT2D eigenvalue weighted by atomic mass is 10.0. The minimum absolute atomic E-state index is 0.0194. The van der Waals surface area contributed by atoms with Crippen LogP contribution in [0, 0.1) is 12.4 Å². The minimum atomic E-state index is -0.191. The number of hydrogen-bond donors (Lipinski definition) is 1. The molecule has 1 aliphatic rings. The molecule has 1 heterocycles. The number of nitrogens with zero attached hydrogens (tertiary/aromatic N) is 1. The number of carbonyl (C=O) groups is 1. The highest BCUT2D eigenvalue weighted by molar-refractivity contribution is 5.73. The molecular weight excluding hydrogens is 255 g/mol. The van der Waals surface area contributed by atoms with Gasteiger partial charge in [-0.05, 0) is 43.5 Å². The van der Waals surface area contributed by atoms with E-state index in [4.69, 9.17) is 0 Å². The summed E-state index contributed by atoms with van der Waals surface area (Å²) in [6, 6.07) is 7.00. The van der Waals surface area contributed by atoms with Gasteiger partial charge in [-0.15, -0.1) is 0 Å². The summed E-state index contributed by atoms with van der Waals surface area (Å²) in [5.74, 6) is -0.211. The number of nitrogens with one attached hydrogen (secondary N) is 1. The average Bonchev–Trinajstić information content (AvgIpc) is 2.45. The Balaban J connectivity index is 1.84. The molecule has 3 nitrogen and oxygen atoms in total. The van der Waals surface area contributed by atoms with Crippen LogP contribution in [0.25, 0.3) is 0 Å². The van der Waals surface area contributed by atoms with Crippen molar-refractivity contribution in [1.82, 2.24) is 10.2 Å². The first-order chi connectivity index (χ1) is 9.65. The monoisotopic (exact) mass is 277 g/mol. The minimum Gasteiger partial charge on any atom is -0.350 e. The van der Waals surface area contributed by atoms with Crippen LogP contribution in [0.3, 0.4) is 0 Å². The molecule has 1 aliphatic heterocycles. The van der Waals surface area contributed by atoms with Crippen molar-refractivity contribution >= 4 is 5.91 Å². The van der Waals surface area contributed by atoms with Gasteiger partial charge >= 0.3 is 0 Å². The fourth-order valence-corrected chi connectivity index (χ4v) is 2.62. The van der Waals surface area contributed by atoms with Crippen LogP contribution in [-0.4, -0.2) is 29.9 Å². The SMILES string of the molecule is CC(=O)N[CH]C1CCCCN1CCc1ccc(F)cc1. The third-order valence-corrected chi connectivity index (χ3v) is 3.74. The molecule has 1 aromatic rings. The van der Waals surface area contributed by atoms with E-state index in [0.29, 0.717) is 6.04 Å². The number of amides is 1. The third kappa shape index (κ3) is 4.60. The number of piperidine rings is 1. The van der Waals surface area contributed by atoms with E-state index < -0.39 is 0 Å². The molecule has 0 spiro atoms. The van der Waals surface area contributed by atoms with Crippen LogP contribution in [0.4, 0.5) is 4.39 Å². The Hall–Kier alpha value is -1.42. The van der Waals surface area contributed by atoms with Gasteiger partial charge in [0.2, 0.25) is 5.91 Å². The van der Waals surface area contributed by atoms with Crippen LogP contribution in [-0.2, 0) is 11.2 Å². The van der Waals surface area contributed by atoms with Gasteiger partial charge in [-0.25, -0.2) is 4.39 Å². The normalized spacial score (nSPS) is 19.8. The summed E-state index contributed by atoms with van der Waals surface area (Å²) < 4.78 is 12.9. The van der Waals surface area contributed by atoms with E-state index in [1.165, 1.54) is 31.9 Å². The number of hydrogen-bond acceptors (Lipinski definition) is 2. The van der Waals surface area contributed by atoms with Crippen LogP contribution < -0.4 is 5.32 Å². The van der Waals surface area contributed by atoms with Gasteiger partial charge in [-0.1, -0.05) is 18.6 Å². The summed E-state index contributed by atoms with van der Waals surface area (Å²) in [6.07, 6.45) is 4.40. The molecule has 1 amide bonds. The van der Waals surface area contributed by atoms with Gasteiger partial charge in [-0.3, -0.25) is 9.69 Å². The van der Waals surface area contributed by atoms with Crippen LogP contribution in [0.15, 0.2) is 24.3 Å². The van der Waals surface area contributed by atoms with Crippen molar-refractivity contribution in [2.45, 2.75) is 38.6 Å². The van der Waals surface area contributed by atoms with E-state index in [1.807, 2.05) is 18.7 Å². The molecule has 1 N–H and O–H groups in total. The van der Waals surface area contributed by atoms with E-state index in [2.05, 4.69) is 10.2 Å². The first kappa shape index (κ1) is 15.0. The molecule has 0 aliphatic carbocycles. The molecule has 1 aromatic carbocycles. The Morgan fingerprint density at radius 2 is 2.15 bits per heavy atom. The Bertz CT molecular complexity index is 433. The maximum atomic E-state index is 12.9. The molecule has 1 atom stereocenters. The Morgan fingerprint density at radius 1 is 1.40 bits per heavy atom. The first-order valence-electron chi connectivity index (χ1n) is 7.24.